The first-order chi connectivity index (χ1) is 10.3. The summed E-state index contributed by atoms with van der Waals surface area (Å²) in [7, 11) is -2.71. The molecule has 1 rings (SSSR count). The number of carbonyl (C=O) groups is 1. The van der Waals surface area contributed by atoms with Crippen LogP contribution in [0.1, 0.15) is 19.3 Å². The van der Waals surface area contributed by atoms with Crippen molar-refractivity contribution in [2.24, 2.45) is 5.73 Å². The summed E-state index contributed by atoms with van der Waals surface area (Å²) in [6.45, 7) is 0.430. The minimum absolute atomic E-state index is 0.171. The van der Waals surface area contributed by atoms with Crippen LogP contribution in [-0.4, -0.2) is 39.1 Å². The van der Waals surface area contributed by atoms with Crippen molar-refractivity contribution in [1.29, 1.82) is 0 Å². The third-order valence-electron chi connectivity index (χ3n) is 3.17. The maximum atomic E-state index is 12.3. The summed E-state index contributed by atoms with van der Waals surface area (Å²) in [6.07, 6.45) is 1.32. The zero-order valence-electron chi connectivity index (χ0n) is 12.4. The predicted octanol–water partition coefficient (Wildman–Crippen LogP) is 0.122. The van der Waals surface area contributed by atoms with Crippen LogP contribution in [0.4, 0.5) is 11.4 Å². The van der Waals surface area contributed by atoms with Crippen LogP contribution in [0, 0.1) is 0 Å². The Bertz CT molecular complexity index is 606. The third kappa shape index (κ3) is 4.86. The van der Waals surface area contributed by atoms with Gasteiger partial charge in [-0.3, -0.25) is 9.10 Å². The topological polar surface area (TPSA) is 139 Å². The molecule has 0 fully saturated rings. The van der Waals surface area contributed by atoms with E-state index >= 15 is 0 Å². The van der Waals surface area contributed by atoms with E-state index in [-0.39, 0.29) is 17.8 Å². The Morgan fingerprint density at radius 1 is 1.36 bits per heavy atom. The van der Waals surface area contributed by atoms with Gasteiger partial charge in [-0.1, -0.05) is 18.6 Å². The van der Waals surface area contributed by atoms with Gasteiger partial charge in [0.2, 0.25) is 0 Å². The van der Waals surface area contributed by atoms with Crippen molar-refractivity contribution < 1.29 is 18.3 Å². The molecule has 1 aromatic rings. The van der Waals surface area contributed by atoms with Crippen molar-refractivity contribution in [1.82, 2.24) is 4.72 Å². The first-order valence-electron chi connectivity index (χ1n) is 6.83. The quantitative estimate of drug-likeness (QED) is 0.375. The lowest BCUT2D eigenvalue weighted by Gasteiger charge is -2.23. The number of nitrogen functional groups attached to an aromatic ring is 1. The Labute approximate surface area is 130 Å². The monoisotopic (exact) mass is 330 g/mol. The summed E-state index contributed by atoms with van der Waals surface area (Å²) < 4.78 is 27.7. The average Bonchev–Trinajstić information content (AvgIpc) is 2.46. The van der Waals surface area contributed by atoms with Gasteiger partial charge in [0.15, 0.2) is 0 Å². The van der Waals surface area contributed by atoms with E-state index in [9.17, 15) is 13.2 Å². The number of aliphatic carboxylic acids is 1. The highest BCUT2D eigenvalue weighted by Crippen LogP contribution is 2.23. The Morgan fingerprint density at radius 2 is 2.00 bits per heavy atom. The van der Waals surface area contributed by atoms with Gasteiger partial charge in [0, 0.05) is 7.05 Å². The van der Waals surface area contributed by atoms with Gasteiger partial charge in [0.05, 0.1) is 11.4 Å². The Kier molecular flexibility index (Phi) is 6.60. The van der Waals surface area contributed by atoms with Gasteiger partial charge >= 0.3 is 16.2 Å². The Hall–Kier alpha value is -1.84. The molecule has 0 bridgehead atoms. The van der Waals surface area contributed by atoms with E-state index in [2.05, 4.69) is 4.72 Å². The van der Waals surface area contributed by atoms with Crippen molar-refractivity contribution in [2.75, 3.05) is 23.6 Å². The van der Waals surface area contributed by atoms with E-state index in [1.165, 1.54) is 7.05 Å². The Balaban J connectivity index is 2.88. The van der Waals surface area contributed by atoms with Crippen LogP contribution in [0.25, 0.3) is 0 Å². The summed E-state index contributed by atoms with van der Waals surface area (Å²) >= 11 is 0. The highest BCUT2D eigenvalue weighted by molar-refractivity contribution is 7.90. The average molecular weight is 330 g/mol. The highest BCUT2D eigenvalue weighted by atomic mass is 32.2. The summed E-state index contributed by atoms with van der Waals surface area (Å²) in [5, 5.41) is 9.14. The first-order valence-corrected chi connectivity index (χ1v) is 8.27. The number of hydrogen-bond donors (Lipinski definition) is 4. The molecule has 9 heteroatoms. The molecule has 22 heavy (non-hydrogen) atoms. The molecular weight excluding hydrogens is 308 g/mol. The van der Waals surface area contributed by atoms with Gasteiger partial charge in [-0.25, -0.2) is 0 Å². The molecule has 1 atom stereocenters. The molecule has 0 radical (unpaired) electrons. The number of para-hydroxylation sites is 2. The second kappa shape index (κ2) is 7.97. The van der Waals surface area contributed by atoms with Crippen molar-refractivity contribution in [2.45, 2.75) is 25.3 Å². The standard InChI is InChI=1S/C13H22N4O4S/c1-17(12-8-3-2-6-10(12)15)22(20,21)16-11(13(18)19)7-4-5-9-14/h2-3,6,8,11,16H,4-5,7,9,14-15H2,1H3,(H,18,19)/t11-/m0/s1. The maximum Gasteiger partial charge on any atom is 0.321 e. The number of nitrogens with one attached hydrogen (secondary N) is 1. The second-order valence-electron chi connectivity index (χ2n) is 4.82. The summed E-state index contributed by atoms with van der Waals surface area (Å²) in [5.74, 6) is -1.23. The fourth-order valence-corrected chi connectivity index (χ4v) is 3.05. The molecule has 0 aliphatic rings. The van der Waals surface area contributed by atoms with Crippen LogP contribution in [0.5, 0.6) is 0 Å². The molecule has 0 amide bonds. The number of rotatable bonds is 9. The Morgan fingerprint density at radius 3 is 2.55 bits per heavy atom. The number of carboxylic acids is 1. The first kappa shape index (κ1) is 18.2. The van der Waals surface area contributed by atoms with Crippen molar-refractivity contribution in [3.05, 3.63) is 24.3 Å². The molecule has 0 aliphatic carbocycles. The van der Waals surface area contributed by atoms with Gasteiger partial charge in [0.1, 0.15) is 6.04 Å². The maximum absolute atomic E-state index is 12.3. The number of unbranched alkanes of at least 4 members (excludes halogenated alkanes) is 1. The highest BCUT2D eigenvalue weighted by Gasteiger charge is 2.27. The van der Waals surface area contributed by atoms with Crippen LogP contribution in [0.2, 0.25) is 0 Å². The largest absolute Gasteiger partial charge is 0.480 e. The fraction of sp³-hybridized carbons (Fsp3) is 0.462. The van der Waals surface area contributed by atoms with Gasteiger partial charge in [-0.2, -0.15) is 13.1 Å². The lowest BCUT2D eigenvalue weighted by molar-refractivity contribution is -0.139. The predicted molar refractivity (Wildman–Crippen MR) is 85.6 cm³/mol. The number of benzene rings is 1. The number of carboxylic acid groups (broad SMARTS) is 1. The van der Waals surface area contributed by atoms with Gasteiger partial charge < -0.3 is 16.6 Å². The van der Waals surface area contributed by atoms with Crippen molar-refractivity contribution in [3.8, 4) is 0 Å². The normalized spacial score (nSPS) is 12.8. The minimum Gasteiger partial charge on any atom is -0.480 e. The molecule has 0 aromatic heterocycles. The molecule has 1 aromatic carbocycles. The van der Waals surface area contributed by atoms with Crippen LogP contribution < -0.4 is 20.5 Å². The van der Waals surface area contributed by atoms with Crippen LogP contribution in [0.3, 0.4) is 0 Å². The third-order valence-corrected chi connectivity index (χ3v) is 4.67. The van der Waals surface area contributed by atoms with Crippen LogP contribution in [-0.2, 0) is 15.0 Å². The molecule has 0 unspecified atom stereocenters. The molecule has 0 saturated carbocycles. The van der Waals surface area contributed by atoms with Crippen molar-refractivity contribution >= 4 is 27.6 Å². The second-order valence-corrected chi connectivity index (χ2v) is 6.56. The number of anilines is 2. The van der Waals surface area contributed by atoms with E-state index < -0.39 is 22.2 Å². The SMILES string of the molecule is CN(c1ccccc1N)S(=O)(=O)N[C@@H](CCCCN)C(=O)O. The lowest BCUT2D eigenvalue weighted by Crippen LogP contribution is -2.47. The van der Waals surface area contributed by atoms with Crippen LogP contribution >= 0.6 is 0 Å². The van der Waals surface area contributed by atoms with Gasteiger partial charge in [-0.15, -0.1) is 0 Å². The smallest absolute Gasteiger partial charge is 0.321 e. The van der Waals surface area contributed by atoms with Crippen molar-refractivity contribution in [3.63, 3.8) is 0 Å². The number of nitrogens with zero attached hydrogens (tertiary/aromatic N) is 1. The zero-order valence-corrected chi connectivity index (χ0v) is 13.2. The summed E-state index contributed by atoms with van der Waals surface area (Å²) in [6, 6.07) is 5.23. The number of hydrogen-bond acceptors (Lipinski definition) is 5. The number of nitrogens with two attached hydrogens (primary N) is 2. The summed E-state index contributed by atoms with van der Waals surface area (Å²) in [4.78, 5) is 11.2. The molecular formula is C13H22N4O4S. The fourth-order valence-electron chi connectivity index (χ4n) is 1.89. The van der Waals surface area contributed by atoms with Gasteiger partial charge in [0.25, 0.3) is 0 Å². The molecule has 0 spiro atoms. The molecule has 0 heterocycles. The van der Waals surface area contributed by atoms with E-state index in [0.717, 1.165) is 4.31 Å². The molecule has 8 nitrogen and oxygen atoms in total. The molecule has 0 aliphatic heterocycles. The van der Waals surface area contributed by atoms with E-state index in [4.69, 9.17) is 16.6 Å². The minimum atomic E-state index is -4.03. The van der Waals surface area contributed by atoms with E-state index in [1.54, 1.807) is 24.3 Å². The lowest BCUT2D eigenvalue weighted by atomic mass is 10.1. The van der Waals surface area contributed by atoms with E-state index in [0.29, 0.717) is 19.4 Å². The van der Waals surface area contributed by atoms with Crippen LogP contribution in [0.15, 0.2) is 24.3 Å². The molecule has 0 saturated heterocycles. The zero-order chi connectivity index (χ0) is 16.8. The molecule has 6 N–H and O–H groups in total. The summed E-state index contributed by atoms with van der Waals surface area (Å²) in [5.41, 5.74) is 11.7. The van der Waals surface area contributed by atoms with E-state index in [1.807, 2.05) is 0 Å². The van der Waals surface area contributed by atoms with Gasteiger partial charge in [-0.05, 0) is 31.5 Å². The molecule has 124 valence electrons.